The van der Waals surface area contributed by atoms with E-state index in [1.54, 1.807) is 4.68 Å². The molecule has 25 heavy (non-hydrogen) atoms. The number of piperidine rings is 1. The molecule has 2 heterocycles. The summed E-state index contributed by atoms with van der Waals surface area (Å²) in [6.45, 7) is 8.36. The fraction of sp³-hybridized carbons (Fsp3) is 0.556. The molecule has 0 saturated carbocycles. The average Bonchev–Trinajstić information content (AvgIpc) is 3.01. The standard InChI is InChI=1S/C18H25N5OS/c1-12-7-5-8-13(2)17(12)23-18(19-20-21-23)25-11-16(24)22-14(3)9-6-10-15(22)4/h5,7-8,14-15H,6,9-11H2,1-4H3/t14-,15+. The summed E-state index contributed by atoms with van der Waals surface area (Å²) in [6.07, 6.45) is 3.37. The summed E-state index contributed by atoms with van der Waals surface area (Å²) in [7, 11) is 0. The Labute approximate surface area is 153 Å². The van der Waals surface area contributed by atoms with Gasteiger partial charge in [0.05, 0.1) is 11.4 Å². The van der Waals surface area contributed by atoms with Crippen LogP contribution < -0.4 is 0 Å². The number of amides is 1. The number of aromatic nitrogens is 4. The van der Waals surface area contributed by atoms with Crippen LogP contribution >= 0.6 is 11.8 Å². The van der Waals surface area contributed by atoms with Gasteiger partial charge in [0.2, 0.25) is 11.1 Å². The van der Waals surface area contributed by atoms with E-state index in [2.05, 4.69) is 29.4 Å². The van der Waals surface area contributed by atoms with Crippen LogP contribution in [0, 0.1) is 13.8 Å². The van der Waals surface area contributed by atoms with Crippen molar-refractivity contribution >= 4 is 17.7 Å². The molecule has 1 aromatic carbocycles. The van der Waals surface area contributed by atoms with Gasteiger partial charge in [0.15, 0.2) is 0 Å². The summed E-state index contributed by atoms with van der Waals surface area (Å²) in [4.78, 5) is 14.8. The SMILES string of the molecule is Cc1cccc(C)c1-n1nnnc1SCC(=O)N1[C@H](C)CCC[C@@H]1C. The molecular formula is C18H25N5OS. The Morgan fingerprint density at radius 1 is 1.20 bits per heavy atom. The van der Waals surface area contributed by atoms with Crippen molar-refractivity contribution in [2.45, 2.75) is 64.2 Å². The van der Waals surface area contributed by atoms with E-state index in [-0.39, 0.29) is 5.91 Å². The van der Waals surface area contributed by atoms with Crippen LogP contribution in [0.25, 0.3) is 5.69 Å². The Morgan fingerprint density at radius 2 is 1.84 bits per heavy atom. The van der Waals surface area contributed by atoms with Crippen LogP contribution in [0.15, 0.2) is 23.4 Å². The number of aryl methyl sites for hydroxylation is 2. The minimum atomic E-state index is 0.167. The Morgan fingerprint density at radius 3 is 2.48 bits per heavy atom. The van der Waals surface area contributed by atoms with E-state index >= 15 is 0 Å². The van der Waals surface area contributed by atoms with Gasteiger partial charge in [-0.15, -0.1) is 5.10 Å². The van der Waals surface area contributed by atoms with Crippen molar-refractivity contribution < 1.29 is 4.79 Å². The number of likely N-dealkylation sites (tertiary alicyclic amines) is 1. The predicted molar refractivity (Wildman–Crippen MR) is 99.0 cm³/mol. The maximum atomic E-state index is 12.7. The second-order valence-corrected chi connectivity index (χ2v) is 7.77. The lowest BCUT2D eigenvalue weighted by Gasteiger charge is -2.39. The Bertz CT molecular complexity index is 729. The molecule has 2 atom stereocenters. The van der Waals surface area contributed by atoms with Gasteiger partial charge < -0.3 is 4.90 Å². The minimum Gasteiger partial charge on any atom is -0.337 e. The first-order valence-electron chi connectivity index (χ1n) is 8.78. The van der Waals surface area contributed by atoms with Crippen LogP contribution in [0.3, 0.4) is 0 Å². The molecule has 3 rings (SSSR count). The number of carbonyl (C=O) groups is 1. The van der Waals surface area contributed by atoms with Gasteiger partial charge in [-0.2, -0.15) is 4.68 Å². The number of nitrogens with zero attached hydrogens (tertiary/aromatic N) is 5. The summed E-state index contributed by atoms with van der Waals surface area (Å²) in [5, 5.41) is 12.7. The molecular weight excluding hydrogens is 334 g/mol. The minimum absolute atomic E-state index is 0.167. The molecule has 1 aliphatic heterocycles. The van der Waals surface area contributed by atoms with Crippen molar-refractivity contribution in [2.75, 3.05) is 5.75 Å². The molecule has 1 fully saturated rings. The fourth-order valence-electron chi connectivity index (χ4n) is 3.66. The molecule has 134 valence electrons. The van der Waals surface area contributed by atoms with Gasteiger partial charge in [-0.05, 0) is 68.5 Å². The third-order valence-corrected chi connectivity index (χ3v) is 5.80. The third kappa shape index (κ3) is 3.71. The molecule has 0 unspecified atom stereocenters. The van der Waals surface area contributed by atoms with Gasteiger partial charge in [-0.25, -0.2) is 0 Å². The summed E-state index contributed by atoms with van der Waals surface area (Å²) in [5.41, 5.74) is 3.21. The van der Waals surface area contributed by atoms with Crippen LogP contribution in [-0.4, -0.2) is 48.9 Å². The summed E-state index contributed by atoms with van der Waals surface area (Å²) in [5.74, 6) is 0.528. The van der Waals surface area contributed by atoms with Gasteiger partial charge in [-0.3, -0.25) is 4.79 Å². The smallest absolute Gasteiger partial charge is 0.233 e. The number of rotatable bonds is 4. The van der Waals surface area contributed by atoms with E-state index in [1.807, 2.05) is 36.9 Å². The maximum absolute atomic E-state index is 12.7. The number of benzene rings is 1. The molecule has 0 bridgehead atoms. The normalized spacial score (nSPS) is 20.7. The highest BCUT2D eigenvalue weighted by Crippen LogP contribution is 2.26. The molecule has 1 aliphatic rings. The molecule has 0 spiro atoms. The van der Waals surface area contributed by atoms with Crippen LogP contribution in [-0.2, 0) is 4.79 Å². The fourth-order valence-corrected chi connectivity index (χ4v) is 4.41. The van der Waals surface area contributed by atoms with Gasteiger partial charge in [0.1, 0.15) is 0 Å². The highest BCUT2D eigenvalue weighted by Gasteiger charge is 2.29. The zero-order chi connectivity index (χ0) is 18.0. The topological polar surface area (TPSA) is 63.9 Å². The molecule has 1 aromatic heterocycles. The van der Waals surface area contributed by atoms with E-state index in [4.69, 9.17) is 0 Å². The summed E-state index contributed by atoms with van der Waals surface area (Å²) in [6, 6.07) is 6.73. The van der Waals surface area contributed by atoms with E-state index in [9.17, 15) is 4.79 Å². The zero-order valence-electron chi connectivity index (χ0n) is 15.3. The van der Waals surface area contributed by atoms with Gasteiger partial charge in [-0.1, -0.05) is 30.0 Å². The first kappa shape index (κ1) is 17.9. The van der Waals surface area contributed by atoms with Crippen molar-refractivity contribution in [1.29, 1.82) is 0 Å². The summed E-state index contributed by atoms with van der Waals surface area (Å²) < 4.78 is 1.74. The van der Waals surface area contributed by atoms with E-state index < -0.39 is 0 Å². The van der Waals surface area contributed by atoms with Crippen LogP contribution in [0.4, 0.5) is 0 Å². The molecule has 0 aliphatic carbocycles. The molecule has 7 heteroatoms. The van der Waals surface area contributed by atoms with Gasteiger partial charge in [0.25, 0.3) is 0 Å². The van der Waals surface area contributed by atoms with Crippen molar-refractivity contribution in [2.24, 2.45) is 0 Å². The highest BCUT2D eigenvalue weighted by atomic mass is 32.2. The lowest BCUT2D eigenvalue weighted by molar-refractivity contribution is -0.134. The second-order valence-electron chi connectivity index (χ2n) is 6.83. The number of thioether (sulfide) groups is 1. The number of para-hydroxylation sites is 1. The van der Waals surface area contributed by atoms with E-state index in [1.165, 1.54) is 18.2 Å². The molecule has 1 saturated heterocycles. The monoisotopic (exact) mass is 359 g/mol. The zero-order valence-corrected chi connectivity index (χ0v) is 16.1. The molecule has 0 N–H and O–H groups in total. The lowest BCUT2D eigenvalue weighted by Crippen LogP contribution is -2.48. The molecule has 2 aromatic rings. The van der Waals surface area contributed by atoms with Crippen molar-refractivity contribution in [3.8, 4) is 5.69 Å². The van der Waals surface area contributed by atoms with Crippen molar-refractivity contribution in [1.82, 2.24) is 25.1 Å². The van der Waals surface area contributed by atoms with Crippen molar-refractivity contribution in [3.05, 3.63) is 29.3 Å². The van der Waals surface area contributed by atoms with Crippen LogP contribution in [0.2, 0.25) is 0 Å². The first-order chi connectivity index (χ1) is 12.0. The number of tetrazole rings is 1. The molecule has 0 radical (unpaired) electrons. The van der Waals surface area contributed by atoms with Gasteiger partial charge >= 0.3 is 0 Å². The van der Waals surface area contributed by atoms with E-state index in [0.29, 0.717) is 23.0 Å². The number of carbonyl (C=O) groups excluding carboxylic acids is 1. The number of hydrogen-bond donors (Lipinski definition) is 0. The highest BCUT2D eigenvalue weighted by molar-refractivity contribution is 7.99. The van der Waals surface area contributed by atoms with Gasteiger partial charge in [0, 0.05) is 12.1 Å². The quantitative estimate of drug-likeness (QED) is 0.785. The van der Waals surface area contributed by atoms with Crippen LogP contribution in [0.1, 0.15) is 44.2 Å². The first-order valence-corrected chi connectivity index (χ1v) is 9.76. The summed E-state index contributed by atoms with van der Waals surface area (Å²) >= 11 is 1.41. The van der Waals surface area contributed by atoms with E-state index in [0.717, 1.165) is 29.7 Å². The second kappa shape index (κ2) is 7.56. The lowest BCUT2D eigenvalue weighted by atomic mass is 9.98. The third-order valence-electron chi connectivity index (χ3n) is 4.90. The predicted octanol–water partition coefficient (Wildman–Crippen LogP) is 3.16. The Balaban J connectivity index is 1.75. The Hall–Kier alpha value is -1.89. The number of hydrogen-bond acceptors (Lipinski definition) is 5. The molecule has 6 nitrogen and oxygen atoms in total. The molecule has 1 amide bonds. The largest absolute Gasteiger partial charge is 0.337 e. The maximum Gasteiger partial charge on any atom is 0.233 e. The Kier molecular flexibility index (Phi) is 5.42. The van der Waals surface area contributed by atoms with Crippen LogP contribution in [0.5, 0.6) is 0 Å². The average molecular weight is 359 g/mol. The van der Waals surface area contributed by atoms with Crippen molar-refractivity contribution in [3.63, 3.8) is 0 Å².